The van der Waals surface area contributed by atoms with Gasteiger partial charge in [0.2, 0.25) is 11.7 Å². The summed E-state index contributed by atoms with van der Waals surface area (Å²) in [5.74, 6) is 2.30. The van der Waals surface area contributed by atoms with Crippen LogP contribution in [0.5, 0.6) is 0 Å². The Balaban J connectivity index is 1.22. The van der Waals surface area contributed by atoms with Crippen LogP contribution in [0, 0.1) is 17.3 Å². The van der Waals surface area contributed by atoms with Crippen LogP contribution in [0.4, 0.5) is 5.69 Å². The Kier molecular flexibility index (Phi) is 3.74. The van der Waals surface area contributed by atoms with Gasteiger partial charge in [0.1, 0.15) is 0 Å². The number of aromatic nitrogens is 3. The van der Waals surface area contributed by atoms with Crippen molar-refractivity contribution in [3.63, 3.8) is 0 Å². The third-order valence-electron chi connectivity index (χ3n) is 7.15. The Morgan fingerprint density at radius 1 is 1.14 bits per heavy atom. The first-order chi connectivity index (χ1) is 14.0. The maximum Gasteiger partial charge on any atom is 0.234 e. The third kappa shape index (κ3) is 2.91. The van der Waals surface area contributed by atoms with Gasteiger partial charge >= 0.3 is 0 Å². The van der Waals surface area contributed by atoms with E-state index in [-0.39, 0.29) is 15.6 Å². The molecule has 2 unspecified atom stereocenters. The van der Waals surface area contributed by atoms with Crippen LogP contribution in [0.25, 0.3) is 17.0 Å². The summed E-state index contributed by atoms with van der Waals surface area (Å²) >= 11 is 4.00. The van der Waals surface area contributed by atoms with Gasteiger partial charge in [-0.2, -0.15) is 0 Å². The van der Waals surface area contributed by atoms with E-state index in [0.717, 1.165) is 36.2 Å². The highest BCUT2D eigenvalue weighted by atomic mass is 79.9. The molecule has 6 heteroatoms. The predicted molar refractivity (Wildman–Crippen MR) is 116 cm³/mol. The molecule has 0 aliphatic heterocycles. The average Bonchev–Trinajstić information content (AvgIpc) is 3.11. The molecular formula is C23H23BrN4O. The van der Waals surface area contributed by atoms with Gasteiger partial charge in [0, 0.05) is 34.2 Å². The molecule has 5 nitrogen and oxygen atoms in total. The fourth-order valence-corrected chi connectivity index (χ4v) is 7.83. The van der Waals surface area contributed by atoms with Crippen molar-refractivity contribution in [2.24, 2.45) is 17.3 Å². The van der Waals surface area contributed by atoms with E-state index in [4.69, 9.17) is 0 Å². The molecule has 2 atom stereocenters. The molecule has 1 aromatic carbocycles. The van der Waals surface area contributed by atoms with Crippen molar-refractivity contribution >= 4 is 33.3 Å². The van der Waals surface area contributed by atoms with Gasteiger partial charge in [-0.15, -0.1) is 0 Å². The fraction of sp³-hybridized carbons (Fsp3) is 0.435. The number of hydrogen-bond donors (Lipinski definition) is 1. The molecule has 2 aromatic heterocycles. The number of imidazole rings is 1. The van der Waals surface area contributed by atoms with Crippen LogP contribution in [0.1, 0.15) is 38.5 Å². The van der Waals surface area contributed by atoms with Crippen LogP contribution in [-0.4, -0.2) is 24.6 Å². The second-order valence-electron chi connectivity index (χ2n) is 9.38. The number of nitrogens with one attached hydrogen (secondary N) is 1. The molecule has 4 fully saturated rings. The van der Waals surface area contributed by atoms with Crippen molar-refractivity contribution in [1.82, 2.24) is 14.4 Å². The lowest BCUT2D eigenvalue weighted by Crippen LogP contribution is -2.57. The summed E-state index contributed by atoms with van der Waals surface area (Å²) in [7, 11) is 0. The number of nitrogens with zero attached hydrogens (tertiary/aromatic N) is 3. The van der Waals surface area contributed by atoms with E-state index in [9.17, 15) is 4.79 Å². The van der Waals surface area contributed by atoms with Gasteiger partial charge in [-0.3, -0.25) is 9.20 Å². The van der Waals surface area contributed by atoms with Crippen molar-refractivity contribution in [3.8, 4) is 11.3 Å². The minimum atomic E-state index is -0.195. The van der Waals surface area contributed by atoms with Crippen molar-refractivity contribution in [2.45, 2.75) is 42.8 Å². The first-order valence-electron chi connectivity index (χ1n) is 10.4. The van der Waals surface area contributed by atoms with E-state index in [0.29, 0.717) is 17.6 Å². The lowest BCUT2D eigenvalue weighted by molar-refractivity contribution is -0.138. The highest BCUT2D eigenvalue weighted by Gasteiger charge is 2.59. The first-order valence-corrected chi connectivity index (χ1v) is 11.2. The van der Waals surface area contributed by atoms with Crippen molar-refractivity contribution in [2.75, 3.05) is 5.32 Å². The molecule has 0 saturated heterocycles. The molecule has 4 aliphatic carbocycles. The van der Waals surface area contributed by atoms with Gasteiger partial charge in [-0.1, -0.05) is 28.1 Å². The number of carbonyl (C=O) groups is 1. The second kappa shape index (κ2) is 6.14. The molecule has 29 heavy (non-hydrogen) atoms. The van der Waals surface area contributed by atoms with Gasteiger partial charge in [0.05, 0.1) is 11.1 Å². The van der Waals surface area contributed by atoms with E-state index >= 15 is 0 Å². The molecule has 4 bridgehead atoms. The van der Waals surface area contributed by atoms with Crippen molar-refractivity contribution < 1.29 is 4.79 Å². The minimum Gasteiger partial charge on any atom is -0.326 e. The zero-order valence-electron chi connectivity index (χ0n) is 16.1. The Bertz CT molecular complexity index is 1060. The summed E-state index contributed by atoms with van der Waals surface area (Å²) in [6.45, 7) is 0. The molecule has 148 valence electrons. The molecule has 4 aliphatic rings. The third-order valence-corrected chi connectivity index (χ3v) is 8.07. The highest BCUT2D eigenvalue weighted by Crippen LogP contribution is 2.64. The number of benzene rings is 1. The predicted octanol–water partition coefficient (Wildman–Crippen LogP) is 5.07. The monoisotopic (exact) mass is 450 g/mol. The molecule has 0 radical (unpaired) electrons. The average molecular weight is 451 g/mol. The van der Waals surface area contributed by atoms with Crippen LogP contribution in [-0.2, 0) is 4.79 Å². The number of rotatable bonds is 3. The molecule has 7 rings (SSSR count). The summed E-state index contributed by atoms with van der Waals surface area (Å²) in [5.41, 5.74) is 2.56. The van der Waals surface area contributed by atoms with Gasteiger partial charge in [0.15, 0.2) is 0 Å². The van der Waals surface area contributed by atoms with Gasteiger partial charge in [-0.25, -0.2) is 9.97 Å². The number of fused-ring (bicyclic) bond motifs is 1. The summed E-state index contributed by atoms with van der Waals surface area (Å²) in [5, 5.41) is 3.22. The van der Waals surface area contributed by atoms with Gasteiger partial charge in [-0.05, 0) is 68.6 Å². The molecule has 0 spiro atoms. The smallest absolute Gasteiger partial charge is 0.234 e. The highest BCUT2D eigenvalue weighted by molar-refractivity contribution is 9.10. The zero-order valence-corrected chi connectivity index (χ0v) is 17.7. The van der Waals surface area contributed by atoms with E-state index in [2.05, 4.69) is 31.2 Å². The quantitative estimate of drug-likeness (QED) is 0.566. The van der Waals surface area contributed by atoms with Crippen LogP contribution in [0.3, 0.4) is 0 Å². The van der Waals surface area contributed by atoms with Gasteiger partial charge in [0.25, 0.3) is 0 Å². The molecule has 1 N–H and O–H groups in total. The number of hydrogen-bond acceptors (Lipinski definition) is 3. The van der Waals surface area contributed by atoms with Crippen molar-refractivity contribution in [3.05, 3.63) is 48.9 Å². The zero-order chi connectivity index (χ0) is 19.6. The molecular weight excluding hydrogens is 428 g/mol. The Hall–Kier alpha value is -2.21. The maximum atomic E-state index is 13.3. The second-order valence-corrected chi connectivity index (χ2v) is 11.1. The summed E-state index contributed by atoms with van der Waals surface area (Å²) in [6, 6.07) is 9.88. The van der Waals surface area contributed by atoms with E-state index in [1.807, 2.05) is 47.1 Å². The molecule has 1 amide bonds. The fourth-order valence-electron chi connectivity index (χ4n) is 6.37. The van der Waals surface area contributed by atoms with Crippen LogP contribution >= 0.6 is 15.9 Å². The van der Waals surface area contributed by atoms with E-state index < -0.39 is 0 Å². The normalized spacial score (nSPS) is 32.6. The number of anilines is 1. The molecule has 3 aromatic rings. The number of alkyl halides is 1. The van der Waals surface area contributed by atoms with Crippen LogP contribution in [0.2, 0.25) is 0 Å². The Morgan fingerprint density at radius 3 is 2.59 bits per heavy atom. The molecule has 2 heterocycles. The lowest BCUT2D eigenvalue weighted by Gasteiger charge is -2.59. The minimum absolute atomic E-state index is 0.190. The molecule has 4 saturated carbocycles. The van der Waals surface area contributed by atoms with Crippen molar-refractivity contribution in [1.29, 1.82) is 0 Å². The van der Waals surface area contributed by atoms with E-state index in [1.54, 1.807) is 6.20 Å². The first kappa shape index (κ1) is 17.6. The van der Waals surface area contributed by atoms with Crippen LogP contribution in [0.15, 0.2) is 48.9 Å². The SMILES string of the molecule is O=C(Nc1ccc(-c2cn3cccnc3n2)cc1)C12CC3CC(CC(Br)(C3)C1)C2. The topological polar surface area (TPSA) is 59.3 Å². The standard InChI is InChI=1S/C23H23BrN4O/c24-23-11-15-8-16(12-23)10-22(9-15,14-23)20(29)26-18-4-2-17(3-5-18)19-13-28-7-1-6-25-21(28)27-19/h1-7,13,15-16H,8-12,14H2,(H,26,29). The summed E-state index contributed by atoms with van der Waals surface area (Å²) < 4.78 is 2.10. The summed E-state index contributed by atoms with van der Waals surface area (Å²) in [6.07, 6.45) is 12.5. The largest absolute Gasteiger partial charge is 0.326 e. The van der Waals surface area contributed by atoms with Crippen LogP contribution < -0.4 is 5.32 Å². The van der Waals surface area contributed by atoms with Gasteiger partial charge < -0.3 is 5.32 Å². The van der Waals surface area contributed by atoms with E-state index in [1.165, 1.54) is 19.3 Å². The Morgan fingerprint density at radius 2 is 1.90 bits per heavy atom. The lowest BCUT2D eigenvalue weighted by atomic mass is 9.49. The summed E-state index contributed by atoms with van der Waals surface area (Å²) in [4.78, 5) is 22.2. The Labute approximate surface area is 178 Å². The number of halogens is 1. The number of carbonyl (C=O) groups excluding carboxylic acids is 1. The maximum absolute atomic E-state index is 13.3. The number of amides is 1.